The molecule has 0 saturated carbocycles. The van der Waals surface area contributed by atoms with Crippen molar-refractivity contribution in [2.75, 3.05) is 13.2 Å². The minimum Gasteiger partial charge on any atom is -0.465 e. The monoisotopic (exact) mass is 234 g/mol. The molecule has 1 N–H and O–H groups in total. The summed E-state index contributed by atoms with van der Waals surface area (Å²) in [4.78, 5) is 4.42. The van der Waals surface area contributed by atoms with Crippen molar-refractivity contribution < 1.29 is 9.84 Å². The number of benzene rings is 1. The Morgan fingerprint density at radius 3 is 2.82 bits per heavy atom. The van der Waals surface area contributed by atoms with E-state index in [1.807, 2.05) is 35.9 Å². The van der Waals surface area contributed by atoms with Crippen molar-refractivity contribution in [2.45, 2.75) is 19.3 Å². The summed E-state index contributed by atoms with van der Waals surface area (Å²) in [6.45, 7) is 0.906. The van der Waals surface area contributed by atoms with E-state index < -0.39 is 0 Å². The van der Waals surface area contributed by atoms with Gasteiger partial charge in [-0.3, -0.25) is 4.57 Å². The number of fused-ring (bicyclic) bond motifs is 1. The lowest BCUT2D eigenvalue weighted by molar-refractivity contribution is 0.254. The molecule has 4 nitrogen and oxygen atoms in total. The van der Waals surface area contributed by atoms with Gasteiger partial charge in [0.15, 0.2) is 0 Å². The minimum atomic E-state index is 0.256. The van der Waals surface area contributed by atoms with E-state index in [-0.39, 0.29) is 6.61 Å². The summed E-state index contributed by atoms with van der Waals surface area (Å²) < 4.78 is 7.60. The van der Waals surface area contributed by atoms with Crippen LogP contribution in [-0.2, 0) is 7.05 Å². The Morgan fingerprint density at radius 1 is 1.24 bits per heavy atom. The van der Waals surface area contributed by atoms with Crippen molar-refractivity contribution >= 4 is 11.0 Å². The molecule has 0 amide bonds. The van der Waals surface area contributed by atoms with Crippen LogP contribution in [0.15, 0.2) is 24.3 Å². The highest BCUT2D eigenvalue weighted by Crippen LogP contribution is 2.19. The normalized spacial score (nSPS) is 10.9. The number of aliphatic hydroxyl groups excluding tert-OH is 1. The van der Waals surface area contributed by atoms with Gasteiger partial charge >= 0.3 is 0 Å². The van der Waals surface area contributed by atoms with Crippen molar-refractivity contribution in [2.24, 2.45) is 7.05 Å². The molecule has 0 aliphatic heterocycles. The van der Waals surface area contributed by atoms with Crippen molar-refractivity contribution in [1.82, 2.24) is 9.55 Å². The van der Waals surface area contributed by atoms with Gasteiger partial charge in [-0.2, -0.15) is 4.98 Å². The Hall–Kier alpha value is -1.55. The fourth-order valence-corrected chi connectivity index (χ4v) is 1.81. The highest BCUT2D eigenvalue weighted by molar-refractivity contribution is 5.76. The van der Waals surface area contributed by atoms with Gasteiger partial charge in [0, 0.05) is 13.7 Å². The summed E-state index contributed by atoms with van der Waals surface area (Å²) in [5.74, 6) is 0. The van der Waals surface area contributed by atoms with Crippen LogP contribution in [0.3, 0.4) is 0 Å². The second kappa shape index (κ2) is 5.68. The zero-order valence-corrected chi connectivity index (χ0v) is 10.1. The van der Waals surface area contributed by atoms with E-state index in [2.05, 4.69) is 4.98 Å². The minimum absolute atomic E-state index is 0.256. The number of imidazole rings is 1. The molecule has 0 saturated heterocycles. The Kier molecular flexibility index (Phi) is 3.98. The number of para-hydroxylation sites is 2. The van der Waals surface area contributed by atoms with Crippen LogP contribution < -0.4 is 4.74 Å². The number of aromatic nitrogens is 2. The van der Waals surface area contributed by atoms with Crippen molar-refractivity contribution in [3.8, 4) is 6.01 Å². The Labute approximate surface area is 101 Å². The molecule has 2 aromatic rings. The quantitative estimate of drug-likeness (QED) is 0.779. The molecule has 0 radical (unpaired) electrons. The molecular weight excluding hydrogens is 216 g/mol. The van der Waals surface area contributed by atoms with Crippen LogP contribution in [0, 0.1) is 0 Å². The zero-order valence-electron chi connectivity index (χ0n) is 10.1. The second-order valence-electron chi connectivity index (χ2n) is 4.07. The zero-order chi connectivity index (χ0) is 12.1. The Bertz CT molecular complexity index is 479. The highest BCUT2D eigenvalue weighted by atomic mass is 16.5. The molecule has 0 bridgehead atoms. The maximum atomic E-state index is 8.66. The fraction of sp³-hybridized carbons (Fsp3) is 0.462. The molecule has 1 heterocycles. The summed E-state index contributed by atoms with van der Waals surface area (Å²) in [7, 11) is 1.96. The number of hydrogen-bond acceptors (Lipinski definition) is 3. The molecule has 0 spiro atoms. The van der Waals surface area contributed by atoms with Crippen LogP contribution in [0.5, 0.6) is 6.01 Å². The third kappa shape index (κ3) is 2.77. The van der Waals surface area contributed by atoms with Gasteiger partial charge in [0.1, 0.15) is 0 Å². The van der Waals surface area contributed by atoms with Crippen molar-refractivity contribution in [1.29, 1.82) is 0 Å². The molecule has 0 aliphatic carbocycles. The highest BCUT2D eigenvalue weighted by Gasteiger charge is 2.07. The van der Waals surface area contributed by atoms with Crippen molar-refractivity contribution in [3.63, 3.8) is 0 Å². The molecular formula is C13H18N2O2. The molecule has 1 aromatic heterocycles. The summed E-state index contributed by atoms with van der Waals surface area (Å²) in [6, 6.07) is 8.64. The standard InChI is InChI=1S/C13H18N2O2/c1-15-12-8-4-3-7-11(12)14-13(15)17-10-6-2-5-9-16/h3-4,7-8,16H,2,5-6,9-10H2,1H3. The first-order valence-electron chi connectivity index (χ1n) is 5.98. The van der Waals surface area contributed by atoms with Gasteiger partial charge in [-0.25, -0.2) is 0 Å². The SMILES string of the molecule is Cn1c(OCCCCCO)nc2ccccc21. The lowest BCUT2D eigenvalue weighted by Crippen LogP contribution is -2.02. The van der Waals surface area contributed by atoms with E-state index in [9.17, 15) is 0 Å². The van der Waals surface area contributed by atoms with Crippen LogP contribution in [-0.4, -0.2) is 27.9 Å². The van der Waals surface area contributed by atoms with Gasteiger partial charge in [-0.05, 0) is 31.4 Å². The van der Waals surface area contributed by atoms with Crippen LogP contribution in [0.2, 0.25) is 0 Å². The van der Waals surface area contributed by atoms with Crippen LogP contribution in [0.4, 0.5) is 0 Å². The lowest BCUT2D eigenvalue weighted by Gasteiger charge is -2.04. The maximum absolute atomic E-state index is 8.66. The topological polar surface area (TPSA) is 47.3 Å². The predicted octanol–water partition coefficient (Wildman–Crippen LogP) is 2.11. The van der Waals surface area contributed by atoms with E-state index in [4.69, 9.17) is 9.84 Å². The van der Waals surface area contributed by atoms with Gasteiger partial charge in [0.25, 0.3) is 6.01 Å². The first-order chi connectivity index (χ1) is 8.33. The number of aliphatic hydroxyl groups is 1. The third-order valence-electron chi connectivity index (χ3n) is 2.78. The summed E-state index contributed by atoms with van der Waals surface area (Å²) in [5, 5.41) is 8.66. The Balaban J connectivity index is 1.97. The number of nitrogens with zero attached hydrogens (tertiary/aromatic N) is 2. The molecule has 4 heteroatoms. The van der Waals surface area contributed by atoms with Gasteiger partial charge in [-0.1, -0.05) is 12.1 Å². The first-order valence-corrected chi connectivity index (χ1v) is 5.98. The maximum Gasteiger partial charge on any atom is 0.297 e. The smallest absolute Gasteiger partial charge is 0.297 e. The summed E-state index contributed by atoms with van der Waals surface area (Å²) >= 11 is 0. The van der Waals surface area contributed by atoms with E-state index >= 15 is 0 Å². The van der Waals surface area contributed by atoms with Crippen LogP contribution >= 0.6 is 0 Å². The van der Waals surface area contributed by atoms with Gasteiger partial charge in [0.2, 0.25) is 0 Å². The van der Waals surface area contributed by atoms with Crippen molar-refractivity contribution in [3.05, 3.63) is 24.3 Å². The molecule has 0 aliphatic rings. The molecule has 92 valence electrons. The second-order valence-corrected chi connectivity index (χ2v) is 4.07. The average Bonchev–Trinajstić information content (AvgIpc) is 2.67. The molecule has 0 fully saturated rings. The third-order valence-corrected chi connectivity index (χ3v) is 2.78. The number of rotatable bonds is 6. The van der Waals surface area contributed by atoms with E-state index in [1.54, 1.807) is 0 Å². The number of aryl methyl sites for hydroxylation is 1. The largest absolute Gasteiger partial charge is 0.465 e. The van der Waals surface area contributed by atoms with E-state index in [1.165, 1.54) is 0 Å². The summed E-state index contributed by atoms with van der Waals surface area (Å²) in [6.07, 6.45) is 2.77. The van der Waals surface area contributed by atoms with E-state index in [0.717, 1.165) is 30.3 Å². The molecule has 2 rings (SSSR count). The number of unbranched alkanes of at least 4 members (excludes halogenated alkanes) is 2. The van der Waals surface area contributed by atoms with Gasteiger partial charge < -0.3 is 9.84 Å². The molecule has 0 unspecified atom stereocenters. The number of hydrogen-bond donors (Lipinski definition) is 1. The number of ether oxygens (including phenoxy) is 1. The lowest BCUT2D eigenvalue weighted by atomic mass is 10.2. The Morgan fingerprint density at radius 2 is 2.06 bits per heavy atom. The van der Waals surface area contributed by atoms with E-state index in [0.29, 0.717) is 12.6 Å². The van der Waals surface area contributed by atoms with Crippen LogP contribution in [0.25, 0.3) is 11.0 Å². The van der Waals surface area contributed by atoms with Gasteiger partial charge in [-0.15, -0.1) is 0 Å². The van der Waals surface area contributed by atoms with Crippen LogP contribution in [0.1, 0.15) is 19.3 Å². The molecule has 1 aromatic carbocycles. The molecule has 0 atom stereocenters. The first kappa shape index (κ1) is 11.9. The summed E-state index contributed by atoms with van der Waals surface area (Å²) in [5.41, 5.74) is 2.04. The fourth-order valence-electron chi connectivity index (χ4n) is 1.81. The predicted molar refractivity (Wildman–Crippen MR) is 67.1 cm³/mol. The average molecular weight is 234 g/mol. The van der Waals surface area contributed by atoms with Gasteiger partial charge in [0.05, 0.1) is 17.6 Å². The molecule has 17 heavy (non-hydrogen) atoms.